The molecule has 0 bridgehead atoms. The molecule has 1 aliphatic rings. The first kappa shape index (κ1) is 20.5. The lowest BCUT2D eigenvalue weighted by atomic mass is 9.87. The molecular weight excluding hydrogens is 408 g/mol. The zero-order valence-corrected chi connectivity index (χ0v) is 18.2. The molecule has 4 aromatic rings. The van der Waals surface area contributed by atoms with Crippen LogP contribution in [-0.2, 0) is 0 Å². The van der Waals surface area contributed by atoms with Crippen molar-refractivity contribution in [1.29, 1.82) is 0 Å². The topological polar surface area (TPSA) is 35.5 Å². The van der Waals surface area contributed by atoms with Gasteiger partial charge in [-0.2, -0.15) is 0 Å². The number of carbonyl (C=O) groups excluding carboxylic acids is 1. The van der Waals surface area contributed by atoms with Crippen molar-refractivity contribution in [3.8, 4) is 11.5 Å². The number of Topliss-reactive ketones (excluding diaryl/α,β-unsaturated/α-hetero) is 1. The molecule has 0 unspecified atom stereocenters. The number of hydrogen-bond donors (Lipinski definition) is 0. The van der Waals surface area contributed by atoms with E-state index >= 15 is 0 Å². The van der Waals surface area contributed by atoms with Gasteiger partial charge in [-0.15, -0.1) is 0 Å². The smallest absolute Gasteiger partial charge is 0.194 e. The quantitative estimate of drug-likeness (QED) is 0.255. The van der Waals surface area contributed by atoms with Crippen LogP contribution in [0.1, 0.15) is 27.0 Å². The molecule has 5 rings (SSSR count). The van der Waals surface area contributed by atoms with Crippen molar-refractivity contribution in [2.75, 3.05) is 7.11 Å². The molecule has 0 radical (unpaired) electrons. The molecule has 3 nitrogen and oxygen atoms in total. The molecule has 1 aliphatic heterocycles. The minimum atomic E-state index is -0.0378. The van der Waals surface area contributed by atoms with Crippen LogP contribution in [-0.4, -0.2) is 12.9 Å². The fraction of sp³-hybridized carbons (Fsp3) is 0.0333. The first-order chi connectivity index (χ1) is 16.2. The predicted molar refractivity (Wildman–Crippen MR) is 132 cm³/mol. The summed E-state index contributed by atoms with van der Waals surface area (Å²) in [4.78, 5) is 13.9. The van der Waals surface area contributed by atoms with Crippen molar-refractivity contribution in [3.63, 3.8) is 0 Å². The summed E-state index contributed by atoms with van der Waals surface area (Å²) in [6, 6.07) is 34.8. The summed E-state index contributed by atoms with van der Waals surface area (Å²) in [6.07, 6.45) is 1.97. The van der Waals surface area contributed by atoms with E-state index in [1.54, 1.807) is 7.11 Å². The van der Waals surface area contributed by atoms with Gasteiger partial charge >= 0.3 is 0 Å². The average Bonchev–Trinajstić information content (AvgIpc) is 2.90. The highest BCUT2D eigenvalue weighted by molar-refractivity contribution is 6.36. The van der Waals surface area contributed by atoms with Crippen LogP contribution in [0.25, 0.3) is 16.9 Å². The Labute approximate surface area is 193 Å². The molecule has 33 heavy (non-hydrogen) atoms. The Morgan fingerprint density at radius 2 is 1.33 bits per heavy atom. The van der Waals surface area contributed by atoms with Crippen LogP contribution in [0.4, 0.5) is 0 Å². The molecule has 0 spiro atoms. The van der Waals surface area contributed by atoms with E-state index in [2.05, 4.69) is 0 Å². The van der Waals surface area contributed by atoms with Crippen LogP contribution in [0, 0.1) is 0 Å². The maximum atomic E-state index is 13.9. The van der Waals surface area contributed by atoms with Crippen molar-refractivity contribution in [2.24, 2.45) is 0 Å². The fourth-order valence-electron chi connectivity index (χ4n) is 3.99. The fourth-order valence-corrected chi connectivity index (χ4v) is 3.99. The van der Waals surface area contributed by atoms with Crippen molar-refractivity contribution in [3.05, 3.63) is 138 Å². The zero-order chi connectivity index (χ0) is 22.6. The van der Waals surface area contributed by atoms with E-state index in [0.29, 0.717) is 28.4 Å². The summed E-state index contributed by atoms with van der Waals surface area (Å²) in [7, 11) is 1.63. The zero-order valence-electron chi connectivity index (χ0n) is 18.2. The predicted octanol–water partition coefficient (Wildman–Crippen LogP) is 6.92. The molecule has 3 heteroatoms. The van der Waals surface area contributed by atoms with E-state index in [0.717, 1.165) is 22.3 Å². The standard InChI is InChI=1S/C30H22O3/c1-32-24-17-18-25-26(20-27(33-28(25)19-24)21-11-5-2-6-12-21)29(22-13-7-3-8-14-22)30(31)23-15-9-4-10-16-23/h2-20H,1H3/b29-26+. The summed E-state index contributed by atoms with van der Waals surface area (Å²) in [5, 5.41) is 0. The molecule has 0 atom stereocenters. The number of ketones is 1. The van der Waals surface area contributed by atoms with Gasteiger partial charge in [-0.1, -0.05) is 91.0 Å². The lowest BCUT2D eigenvalue weighted by Gasteiger charge is -2.23. The minimum Gasteiger partial charge on any atom is -0.497 e. The van der Waals surface area contributed by atoms with Crippen molar-refractivity contribution in [1.82, 2.24) is 0 Å². The van der Waals surface area contributed by atoms with Crippen molar-refractivity contribution in [2.45, 2.75) is 0 Å². The largest absolute Gasteiger partial charge is 0.497 e. The Bertz CT molecular complexity index is 1350. The molecule has 0 amide bonds. The second kappa shape index (κ2) is 9.01. The Kier molecular flexibility index (Phi) is 5.61. The number of benzene rings is 4. The summed E-state index contributed by atoms with van der Waals surface area (Å²) in [5.41, 5.74) is 4.72. The third kappa shape index (κ3) is 4.09. The van der Waals surface area contributed by atoms with Gasteiger partial charge in [0.1, 0.15) is 17.3 Å². The number of carbonyl (C=O) groups is 1. The van der Waals surface area contributed by atoms with Gasteiger partial charge in [-0.3, -0.25) is 4.79 Å². The van der Waals surface area contributed by atoms with E-state index in [1.165, 1.54) is 0 Å². The molecule has 0 N–H and O–H groups in total. The monoisotopic (exact) mass is 430 g/mol. The summed E-state index contributed by atoms with van der Waals surface area (Å²) < 4.78 is 11.7. The first-order valence-electron chi connectivity index (χ1n) is 10.8. The summed E-state index contributed by atoms with van der Waals surface area (Å²) in [6.45, 7) is 0. The highest BCUT2D eigenvalue weighted by atomic mass is 16.5. The molecule has 0 aliphatic carbocycles. The number of rotatable bonds is 5. The molecular formula is C30H22O3. The lowest BCUT2D eigenvalue weighted by molar-refractivity contribution is 0.105. The molecule has 160 valence electrons. The summed E-state index contributed by atoms with van der Waals surface area (Å²) >= 11 is 0. The van der Waals surface area contributed by atoms with Gasteiger partial charge in [0.05, 0.1) is 7.11 Å². The van der Waals surface area contributed by atoms with E-state index in [9.17, 15) is 4.79 Å². The highest BCUT2D eigenvalue weighted by Crippen LogP contribution is 2.43. The summed E-state index contributed by atoms with van der Waals surface area (Å²) in [5.74, 6) is 1.99. The normalized spacial score (nSPS) is 13.9. The maximum absolute atomic E-state index is 13.9. The molecule has 1 heterocycles. The van der Waals surface area contributed by atoms with Crippen molar-refractivity contribution >= 4 is 22.7 Å². The SMILES string of the molecule is COc1ccc2c(c1)OC(c1ccccc1)=C/C2=C(\C(=O)c1ccccc1)c1ccccc1. The molecule has 0 saturated heterocycles. The van der Waals surface area contributed by atoms with Gasteiger partial charge in [-0.05, 0) is 23.8 Å². The van der Waals surface area contributed by atoms with Crippen LogP contribution in [0.5, 0.6) is 11.5 Å². The number of ether oxygens (including phenoxy) is 2. The van der Waals surface area contributed by atoms with E-state index in [-0.39, 0.29) is 5.78 Å². The van der Waals surface area contributed by atoms with Gasteiger partial charge in [0.2, 0.25) is 0 Å². The van der Waals surface area contributed by atoms with E-state index < -0.39 is 0 Å². The van der Waals surface area contributed by atoms with E-state index in [4.69, 9.17) is 9.47 Å². The number of hydrogen-bond acceptors (Lipinski definition) is 3. The van der Waals surface area contributed by atoms with Gasteiger partial charge in [0.15, 0.2) is 5.78 Å². The van der Waals surface area contributed by atoms with Gasteiger partial charge in [0.25, 0.3) is 0 Å². The molecule has 0 fully saturated rings. The highest BCUT2D eigenvalue weighted by Gasteiger charge is 2.26. The number of methoxy groups -OCH3 is 1. The van der Waals surface area contributed by atoms with Crippen LogP contribution >= 0.6 is 0 Å². The second-order valence-electron chi connectivity index (χ2n) is 7.69. The van der Waals surface area contributed by atoms with E-state index in [1.807, 2.05) is 115 Å². The lowest BCUT2D eigenvalue weighted by Crippen LogP contribution is -2.10. The van der Waals surface area contributed by atoms with Crippen molar-refractivity contribution < 1.29 is 14.3 Å². The Balaban J connectivity index is 1.81. The Morgan fingerprint density at radius 1 is 0.727 bits per heavy atom. The first-order valence-corrected chi connectivity index (χ1v) is 10.8. The molecule has 0 saturated carbocycles. The average molecular weight is 431 g/mol. The van der Waals surface area contributed by atoms with Crippen LogP contribution in [0.15, 0.2) is 115 Å². The van der Waals surface area contributed by atoms with Gasteiger partial charge in [0, 0.05) is 33.9 Å². The third-order valence-corrected chi connectivity index (χ3v) is 5.63. The number of fused-ring (bicyclic) bond motifs is 1. The van der Waals surface area contributed by atoms with Gasteiger partial charge < -0.3 is 9.47 Å². The third-order valence-electron chi connectivity index (χ3n) is 5.63. The Hall–Kier alpha value is -4.37. The van der Waals surface area contributed by atoms with Crippen LogP contribution < -0.4 is 9.47 Å². The Morgan fingerprint density at radius 3 is 1.97 bits per heavy atom. The van der Waals surface area contributed by atoms with Crippen LogP contribution in [0.2, 0.25) is 0 Å². The second-order valence-corrected chi connectivity index (χ2v) is 7.69. The maximum Gasteiger partial charge on any atom is 0.194 e. The van der Waals surface area contributed by atoms with Gasteiger partial charge in [-0.25, -0.2) is 0 Å². The molecule has 4 aromatic carbocycles. The molecule has 0 aromatic heterocycles. The number of allylic oxidation sites excluding steroid dienone is 3. The minimum absolute atomic E-state index is 0.0378. The van der Waals surface area contributed by atoms with Crippen LogP contribution in [0.3, 0.4) is 0 Å².